The van der Waals surface area contributed by atoms with E-state index in [1.165, 1.54) is 0 Å². The fourth-order valence-corrected chi connectivity index (χ4v) is 1.50. The van der Waals surface area contributed by atoms with Crippen molar-refractivity contribution in [3.63, 3.8) is 0 Å². The van der Waals surface area contributed by atoms with Crippen LogP contribution in [-0.2, 0) is 0 Å². The van der Waals surface area contributed by atoms with Gasteiger partial charge < -0.3 is 5.73 Å². The maximum absolute atomic E-state index is 10.8. The lowest BCUT2D eigenvalue weighted by Gasteiger charge is -2.04. The largest absolute Gasteiger partial charge is 0.351 e. The summed E-state index contributed by atoms with van der Waals surface area (Å²) in [6.07, 6.45) is 3.45. The minimum absolute atomic E-state index is 0.0581. The summed E-state index contributed by atoms with van der Waals surface area (Å²) in [7, 11) is 0. The highest BCUT2D eigenvalue weighted by Crippen LogP contribution is 2.16. The quantitative estimate of drug-likeness (QED) is 0.640. The molecule has 0 heterocycles. The van der Waals surface area contributed by atoms with Gasteiger partial charge >= 0.3 is 6.03 Å². The van der Waals surface area contributed by atoms with Crippen molar-refractivity contribution in [3.8, 4) is 0 Å². The van der Waals surface area contributed by atoms with E-state index in [2.05, 4.69) is 10.3 Å². The Morgan fingerprint density at radius 3 is 2.67 bits per heavy atom. The first-order chi connectivity index (χ1) is 8.49. The number of urea groups is 1. The van der Waals surface area contributed by atoms with Crippen LogP contribution in [0.4, 0.5) is 4.79 Å². The molecule has 0 spiro atoms. The van der Waals surface area contributed by atoms with E-state index >= 15 is 0 Å². The first-order valence-electron chi connectivity index (χ1n) is 5.56. The molecule has 0 saturated heterocycles. The Morgan fingerprint density at radius 2 is 2.11 bits per heavy atom. The third kappa shape index (κ3) is 5.01. The average Bonchev–Trinajstić information content (AvgIpc) is 2.26. The molecule has 0 aromatic heterocycles. The van der Waals surface area contributed by atoms with Crippen LogP contribution in [0.1, 0.15) is 19.4 Å². The number of hydrogen-bond donors (Lipinski definition) is 2. The monoisotopic (exact) mass is 265 g/mol. The molecule has 3 N–H and O–H groups in total. The van der Waals surface area contributed by atoms with Crippen LogP contribution >= 0.6 is 11.6 Å². The summed E-state index contributed by atoms with van der Waals surface area (Å²) in [4.78, 5) is 15.1. The van der Waals surface area contributed by atoms with Crippen molar-refractivity contribution in [2.45, 2.75) is 19.9 Å². The van der Waals surface area contributed by atoms with E-state index in [0.717, 1.165) is 5.56 Å². The van der Waals surface area contributed by atoms with E-state index < -0.39 is 6.03 Å². The normalized spacial score (nSPS) is 12.1. The fourth-order valence-electron chi connectivity index (χ4n) is 1.30. The Bertz CT molecular complexity index is 481. The molecular weight excluding hydrogens is 250 g/mol. The minimum Gasteiger partial charge on any atom is -0.351 e. The summed E-state index contributed by atoms with van der Waals surface area (Å²) in [5.74, 6) is 0.414. The van der Waals surface area contributed by atoms with Crippen molar-refractivity contribution >= 4 is 29.5 Å². The molecular formula is C13H16ClN3O. The molecule has 0 unspecified atom stereocenters. The second-order valence-corrected chi connectivity index (χ2v) is 4.36. The summed E-state index contributed by atoms with van der Waals surface area (Å²) in [5.41, 5.74) is 5.93. The third-order valence-corrected chi connectivity index (χ3v) is 2.32. The number of hydrogen-bond acceptors (Lipinski definition) is 2. The van der Waals surface area contributed by atoms with Gasteiger partial charge in [-0.1, -0.05) is 29.8 Å². The van der Waals surface area contributed by atoms with Crippen LogP contribution in [0.15, 0.2) is 35.3 Å². The predicted molar refractivity (Wildman–Crippen MR) is 75.8 cm³/mol. The first-order valence-corrected chi connectivity index (χ1v) is 5.93. The number of amides is 2. The lowest BCUT2D eigenvalue weighted by Crippen LogP contribution is -2.34. The molecule has 0 saturated carbocycles. The van der Waals surface area contributed by atoms with Crippen molar-refractivity contribution in [1.29, 1.82) is 0 Å². The number of amidine groups is 1. The molecule has 1 aromatic carbocycles. The van der Waals surface area contributed by atoms with Gasteiger partial charge in [-0.15, -0.1) is 0 Å². The number of rotatable bonds is 3. The summed E-state index contributed by atoms with van der Waals surface area (Å²) >= 11 is 6.02. The molecule has 5 heteroatoms. The standard InChI is InChI=1S/C13H16ClN3O/c1-9(2)16-12(17-13(15)18)8-7-10-5-3-4-6-11(10)14/h3-9H,1-2H3,(H3,15,16,17,18). The fraction of sp³-hybridized carbons (Fsp3) is 0.231. The Labute approximate surface area is 112 Å². The summed E-state index contributed by atoms with van der Waals surface area (Å²) in [5, 5.41) is 3.10. The highest BCUT2D eigenvalue weighted by atomic mass is 35.5. The van der Waals surface area contributed by atoms with Crippen molar-refractivity contribution in [1.82, 2.24) is 5.32 Å². The van der Waals surface area contributed by atoms with Gasteiger partial charge in [0.05, 0.1) is 0 Å². The zero-order valence-corrected chi connectivity index (χ0v) is 11.1. The van der Waals surface area contributed by atoms with E-state index in [4.69, 9.17) is 17.3 Å². The second-order valence-electron chi connectivity index (χ2n) is 3.95. The van der Waals surface area contributed by atoms with Crippen LogP contribution in [0.25, 0.3) is 6.08 Å². The highest BCUT2D eigenvalue weighted by Gasteiger charge is 2.00. The van der Waals surface area contributed by atoms with Crippen LogP contribution in [0.5, 0.6) is 0 Å². The lowest BCUT2D eigenvalue weighted by atomic mass is 10.2. The first kappa shape index (κ1) is 14.3. The third-order valence-electron chi connectivity index (χ3n) is 1.97. The highest BCUT2D eigenvalue weighted by molar-refractivity contribution is 6.32. The number of carbonyl (C=O) groups excluding carboxylic acids is 1. The van der Waals surface area contributed by atoms with Crippen molar-refractivity contribution in [2.75, 3.05) is 0 Å². The lowest BCUT2D eigenvalue weighted by molar-refractivity contribution is 0.253. The van der Waals surface area contributed by atoms with Crippen LogP contribution in [0.3, 0.4) is 0 Å². The molecule has 18 heavy (non-hydrogen) atoms. The Morgan fingerprint density at radius 1 is 1.44 bits per heavy atom. The molecule has 4 nitrogen and oxygen atoms in total. The smallest absolute Gasteiger partial charge is 0.317 e. The molecule has 0 aliphatic carbocycles. The number of aliphatic imine (C=N–C) groups is 1. The number of benzene rings is 1. The van der Waals surface area contributed by atoms with E-state index in [1.54, 1.807) is 18.2 Å². The summed E-state index contributed by atoms with van der Waals surface area (Å²) in [6, 6.07) is 6.82. The molecule has 1 rings (SSSR count). The molecule has 0 atom stereocenters. The van der Waals surface area contributed by atoms with Gasteiger partial charge in [0, 0.05) is 11.1 Å². The number of halogens is 1. The molecule has 0 bridgehead atoms. The second kappa shape index (κ2) is 6.81. The Kier molecular flexibility index (Phi) is 5.39. The Balaban J connectivity index is 2.90. The van der Waals surface area contributed by atoms with Gasteiger partial charge in [-0.2, -0.15) is 0 Å². The molecule has 1 aromatic rings. The van der Waals surface area contributed by atoms with Gasteiger partial charge in [0.1, 0.15) is 5.84 Å². The average molecular weight is 266 g/mol. The van der Waals surface area contributed by atoms with Crippen molar-refractivity contribution in [2.24, 2.45) is 10.7 Å². The Hall–Kier alpha value is -1.81. The number of nitrogens with zero attached hydrogens (tertiary/aromatic N) is 1. The van der Waals surface area contributed by atoms with Crippen LogP contribution in [-0.4, -0.2) is 17.9 Å². The zero-order valence-electron chi connectivity index (χ0n) is 10.4. The van der Waals surface area contributed by atoms with Gasteiger partial charge in [0.2, 0.25) is 0 Å². The number of primary amides is 1. The van der Waals surface area contributed by atoms with E-state index in [1.807, 2.05) is 32.0 Å². The molecule has 0 radical (unpaired) electrons. The maximum Gasteiger partial charge on any atom is 0.317 e. The van der Waals surface area contributed by atoms with Crippen LogP contribution in [0, 0.1) is 0 Å². The topological polar surface area (TPSA) is 67.5 Å². The van der Waals surface area contributed by atoms with Gasteiger partial charge in [0.15, 0.2) is 0 Å². The van der Waals surface area contributed by atoms with E-state index in [0.29, 0.717) is 10.9 Å². The predicted octanol–water partition coefficient (Wildman–Crippen LogP) is 2.83. The van der Waals surface area contributed by atoms with E-state index in [9.17, 15) is 4.79 Å². The minimum atomic E-state index is -0.641. The van der Waals surface area contributed by atoms with Crippen LogP contribution < -0.4 is 11.1 Å². The number of carbonyl (C=O) groups is 1. The zero-order chi connectivity index (χ0) is 13.5. The van der Waals surface area contributed by atoms with Crippen molar-refractivity contribution < 1.29 is 4.79 Å². The maximum atomic E-state index is 10.8. The van der Waals surface area contributed by atoms with Gasteiger partial charge in [0.25, 0.3) is 0 Å². The SMILES string of the molecule is CC(C)N=C(C=Cc1ccccc1Cl)NC(N)=O. The molecule has 0 fully saturated rings. The molecule has 96 valence electrons. The summed E-state index contributed by atoms with van der Waals surface area (Å²) in [6.45, 7) is 3.82. The van der Waals surface area contributed by atoms with Gasteiger partial charge in [-0.25, -0.2) is 4.79 Å². The summed E-state index contributed by atoms with van der Waals surface area (Å²) < 4.78 is 0. The van der Waals surface area contributed by atoms with Gasteiger partial charge in [-0.05, 0) is 37.6 Å². The molecule has 0 aliphatic heterocycles. The van der Waals surface area contributed by atoms with Gasteiger partial charge in [-0.3, -0.25) is 10.3 Å². The number of nitrogens with one attached hydrogen (secondary N) is 1. The van der Waals surface area contributed by atoms with Crippen molar-refractivity contribution in [3.05, 3.63) is 40.9 Å². The van der Waals surface area contributed by atoms with E-state index in [-0.39, 0.29) is 6.04 Å². The molecule has 0 aliphatic rings. The number of nitrogens with two attached hydrogens (primary N) is 1. The van der Waals surface area contributed by atoms with Crippen LogP contribution in [0.2, 0.25) is 5.02 Å². The molecule has 2 amide bonds.